The monoisotopic (exact) mass is 371 g/mol. The zero-order chi connectivity index (χ0) is 18.9. The van der Waals surface area contributed by atoms with Gasteiger partial charge < -0.3 is 0 Å². The predicted octanol–water partition coefficient (Wildman–Crippen LogP) is 3.29. The summed E-state index contributed by atoms with van der Waals surface area (Å²) >= 11 is 0. The third kappa shape index (κ3) is 4.08. The lowest BCUT2D eigenvalue weighted by Gasteiger charge is -2.17. The van der Waals surface area contributed by atoms with Crippen LogP contribution in [0.3, 0.4) is 0 Å². The molecule has 0 spiro atoms. The van der Waals surface area contributed by atoms with Gasteiger partial charge in [0.15, 0.2) is 5.82 Å². The van der Waals surface area contributed by atoms with E-state index in [2.05, 4.69) is 47.0 Å². The highest BCUT2D eigenvalue weighted by Gasteiger charge is 2.14. The van der Waals surface area contributed by atoms with Gasteiger partial charge >= 0.3 is 0 Å². The molecule has 0 amide bonds. The second-order valence-electron chi connectivity index (χ2n) is 7.24. The van der Waals surface area contributed by atoms with Crippen molar-refractivity contribution in [1.29, 1.82) is 0 Å². The van der Waals surface area contributed by atoms with Crippen molar-refractivity contribution in [1.82, 2.24) is 19.5 Å². The third-order valence-electron chi connectivity index (χ3n) is 3.66. The van der Waals surface area contributed by atoms with Crippen LogP contribution in [0, 0.1) is 5.41 Å². The van der Waals surface area contributed by atoms with Crippen molar-refractivity contribution in [2.45, 2.75) is 27.2 Å². The number of hydrogen-bond donors (Lipinski definition) is 1. The van der Waals surface area contributed by atoms with E-state index in [1.165, 1.54) is 0 Å². The number of imidazole rings is 1. The lowest BCUT2D eigenvalue weighted by Crippen LogP contribution is -2.12. The molecule has 0 aliphatic heterocycles. The SMILES string of the molecule is C=CS(=O)(=O)Nc1ccc2ncn(-c3cncc(CC(C)(C)C)n3)c2c1. The Bertz CT molecular complexity index is 1060. The Kier molecular flexibility index (Phi) is 4.53. The quantitative estimate of drug-likeness (QED) is 0.743. The molecule has 0 aliphatic rings. The van der Waals surface area contributed by atoms with Crippen LogP contribution in [0.2, 0.25) is 0 Å². The van der Waals surface area contributed by atoms with Gasteiger partial charge in [0.2, 0.25) is 0 Å². The van der Waals surface area contributed by atoms with Crippen molar-refractivity contribution in [2.75, 3.05) is 4.72 Å². The smallest absolute Gasteiger partial charge is 0.254 e. The molecule has 0 aliphatic carbocycles. The molecule has 26 heavy (non-hydrogen) atoms. The lowest BCUT2D eigenvalue weighted by molar-refractivity contribution is 0.405. The molecule has 7 nitrogen and oxygen atoms in total. The van der Waals surface area contributed by atoms with Crippen LogP contribution in [-0.4, -0.2) is 27.9 Å². The van der Waals surface area contributed by atoms with Crippen molar-refractivity contribution in [3.63, 3.8) is 0 Å². The van der Waals surface area contributed by atoms with E-state index in [-0.39, 0.29) is 5.41 Å². The third-order valence-corrected chi connectivity index (χ3v) is 4.62. The number of aromatic nitrogens is 4. The van der Waals surface area contributed by atoms with E-state index in [1.54, 1.807) is 41.5 Å². The number of hydrogen-bond acceptors (Lipinski definition) is 5. The zero-order valence-electron chi connectivity index (χ0n) is 15.0. The van der Waals surface area contributed by atoms with Crippen LogP contribution in [-0.2, 0) is 16.4 Å². The molecule has 1 aromatic carbocycles. The minimum atomic E-state index is -3.57. The van der Waals surface area contributed by atoms with Gasteiger partial charge in [0, 0.05) is 11.6 Å². The number of fused-ring (bicyclic) bond motifs is 1. The molecule has 8 heteroatoms. The number of nitrogens with zero attached hydrogens (tertiary/aromatic N) is 4. The molecular weight excluding hydrogens is 350 g/mol. The summed E-state index contributed by atoms with van der Waals surface area (Å²) in [6.07, 6.45) is 5.87. The molecular formula is C18H21N5O2S. The first-order valence-electron chi connectivity index (χ1n) is 8.10. The summed E-state index contributed by atoms with van der Waals surface area (Å²) in [4.78, 5) is 13.3. The molecule has 0 saturated carbocycles. The predicted molar refractivity (Wildman–Crippen MR) is 103 cm³/mol. The Balaban J connectivity index is 2.03. The first kappa shape index (κ1) is 18.1. The van der Waals surface area contributed by atoms with Crippen LogP contribution >= 0.6 is 0 Å². The maximum absolute atomic E-state index is 11.7. The van der Waals surface area contributed by atoms with Crippen molar-refractivity contribution < 1.29 is 8.42 Å². The molecule has 0 atom stereocenters. The summed E-state index contributed by atoms with van der Waals surface area (Å²) in [6, 6.07) is 5.11. The fourth-order valence-corrected chi connectivity index (χ4v) is 3.14. The van der Waals surface area contributed by atoms with E-state index in [1.807, 2.05) is 0 Å². The van der Waals surface area contributed by atoms with Crippen molar-refractivity contribution in [2.24, 2.45) is 5.41 Å². The highest BCUT2D eigenvalue weighted by molar-refractivity contribution is 7.95. The van der Waals surface area contributed by atoms with Crippen LogP contribution in [0.1, 0.15) is 26.5 Å². The van der Waals surface area contributed by atoms with Gasteiger partial charge in [-0.15, -0.1) is 0 Å². The van der Waals surface area contributed by atoms with Crippen molar-refractivity contribution in [3.05, 3.63) is 54.6 Å². The van der Waals surface area contributed by atoms with Crippen LogP contribution in [0.4, 0.5) is 5.69 Å². The van der Waals surface area contributed by atoms with Crippen molar-refractivity contribution in [3.8, 4) is 5.82 Å². The lowest BCUT2D eigenvalue weighted by atomic mass is 9.91. The summed E-state index contributed by atoms with van der Waals surface area (Å²) in [5, 5.41) is 0.871. The average molecular weight is 371 g/mol. The van der Waals surface area contributed by atoms with Gasteiger partial charge in [-0.1, -0.05) is 27.4 Å². The molecule has 0 radical (unpaired) electrons. The molecule has 1 N–H and O–H groups in total. The highest BCUT2D eigenvalue weighted by atomic mass is 32.2. The standard InChI is InChI=1S/C18H21N5O2S/c1-5-26(24,25)22-13-6-7-15-16(8-13)23(12-20-15)17-11-19-10-14(21-17)9-18(2,3)4/h5-8,10-12,22H,1,9H2,2-4H3. The van der Waals surface area contributed by atoms with Gasteiger partial charge in [-0.3, -0.25) is 14.3 Å². The van der Waals surface area contributed by atoms with E-state index in [9.17, 15) is 8.42 Å². The number of nitrogens with one attached hydrogen (secondary N) is 1. The van der Waals surface area contributed by atoms with E-state index < -0.39 is 10.0 Å². The molecule has 2 heterocycles. The van der Waals surface area contributed by atoms with Gasteiger partial charge in [0.05, 0.1) is 28.6 Å². The summed E-state index contributed by atoms with van der Waals surface area (Å²) in [5.41, 5.74) is 2.88. The number of benzene rings is 1. The van der Waals surface area contributed by atoms with E-state index >= 15 is 0 Å². The van der Waals surface area contributed by atoms with Crippen molar-refractivity contribution >= 4 is 26.7 Å². The molecule has 136 valence electrons. The molecule has 3 aromatic rings. The Hall–Kier alpha value is -2.74. The summed E-state index contributed by atoms with van der Waals surface area (Å²) in [5.74, 6) is 0.637. The Labute approximate surface area is 152 Å². The average Bonchev–Trinajstić information content (AvgIpc) is 2.96. The van der Waals surface area contributed by atoms with Gasteiger partial charge in [0.25, 0.3) is 10.0 Å². The molecule has 0 bridgehead atoms. The first-order chi connectivity index (χ1) is 12.2. The molecule has 2 aromatic heterocycles. The van der Waals surface area contributed by atoms with Gasteiger partial charge in [0.1, 0.15) is 6.33 Å². The fraction of sp³-hybridized carbons (Fsp3) is 0.278. The second-order valence-corrected chi connectivity index (χ2v) is 8.87. The van der Waals surface area contributed by atoms with Gasteiger partial charge in [-0.2, -0.15) is 0 Å². The van der Waals surface area contributed by atoms with E-state index in [0.717, 1.165) is 28.6 Å². The Morgan fingerprint density at radius 3 is 2.73 bits per heavy atom. The number of sulfonamides is 1. The maximum atomic E-state index is 11.7. The van der Waals surface area contributed by atoms with Gasteiger partial charge in [-0.05, 0) is 30.0 Å². The van der Waals surface area contributed by atoms with E-state index in [0.29, 0.717) is 11.5 Å². The Morgan fingerprint density at radius 1 is 1.27 bits per heavy atom. The molecule has 3 rings (SSSR count). The first-order valence-corrected chi connectivity index (χ1v) is 9.65. The summed E-state index contributed by atoms with van der Waals surface area (Å²) in [6.45, 7) is 9.73. The van der Waals surface area contributed by atoms with Gasteiger partial charge in [-0.25, -0.2) is 18.4 Å². The van der Waals surface area contributed by atoms with Crippen LogP contribution in [0.15, 0.2) is 48.9 Å². The highest BCUT2D eigenvalue weighted by Crippen LogP contribution is 2.23. The normalized spacial score (nSPS) is 12.3. The maximum Gasteiger partial charge on any atom is 0.254 e. The minimum Gasteiger partial charge on any atom is -0.282 e. The molecule has 0 fully saturated rings. The molecule has 0 saturated heterocycles. The summed E-state index contributed by atoms with van der Waals surface area (Å²) in [7, 11) is -3.57. The van der Waals surface area contributed by atoms with Crippen LogP contribution in [0.5, 0.6) is 0 Å². The zero-order valence-corrected chi connectivity index (χ0v) is 15.8. The fourth-order valence-electron chi connectivity index (χ4n) is 2.60. The van der Waals surface area contributed by atoms with Crippen LogP contribution in [0.25, 0.3) is 16.9 Å². The second kappa shape index (κ2) is 6.53. The topological polar surface area (TPSA) is 89.8 Å². The Morgan fingerprint density at radius 2 is 2.04 bits per heavy atom. The minimum absolute atomic E-state index is 0.0977. The number of anilines is 1. The summed E-state index contributed by atoms with van der Waals surface area (Å²) < 4.78 is 27.6. The van der Waals surface area contributed by atoms with Crippen LogP contribution < -0.4 is 4.72 Å². The van der Waals surface area contributed by atoms with E-state index in [4.69, 9.17) is 0 Å². The number of rotatable bonds is 5. The molecule has 0 unspecified atom stereocenters. The largest absolute Gasteiger partial charge is 0.282 e.